The van der Waals surface area contributed by atoms with Crippen LogP contribution in [-0.4, -0.2) is 9.79 Å². The van der Waals surface area contributed by atoms with Crippen LogP contribution < -0.4 is 0 Å². The molecule has 4 heteroatoms. The van der Waals surface area contributed by atoms with Crippen LogP contribution in [0.1, 0.15) is 63.5 Å². The third-order valence-electron chi connectivity index (χ3n) is 5.07. The van der Waals surface area contributed by atoms with Gasteiger partial charge in [-0.05, 0) is 23.5 Å². The van der Waals surface area contributed by atoms with Gasteiger partial charge in [-0.1, -0.05) is 107 Å². The molecule has 142 valence electrons. The molecule has 0 heterocycles. The summed E-state index contributed by atoms with van der Waals surface area (Å²) in [5.74, 6) is 0.706. The Hall–Kier alpha value is -1.41. The lowest BCUT2D eigenvalue weighted by molar-refractivity contribution is 0.329. The second kappa shape index (κ2) is 9.50. The minimum absolute atomic E-state index is 0.451. The van der Waals surface area contributed by atoms with Gasteiger partial charge < -0.3 is 9.79 Å². The standard InChI is InChI=1S/C22H31O3P/c1-19(2)13-7-3-4-12-18-22(26(23,24)25,20-14-8-5-9-15-20)21-16-10-6-11-17-21/h5-6,8-11,14-17,19H,3-4,7,12-13,18H2,1-2H3,(H2,23,24,25). The molecule has 0 atom stereocenters. The van der Waals surface area contributed by atoms with Crippen molar-refractivity contribution in [2.75, 3.05) is 0 Å². The van der Waals surface area contributed by atoms with Crippen molar-refractivity contribution < 1.29 is 14.4 Å². The number of unbranched alkanes of at least 4 members (excludes halogenated alkanes) is 3. The first-order valence-corrected chi connectivity index (χ1v) is 11.2. The van der Waals surface area contributed by atoms with Gasteiger partial charge >= 0.3 is 7.60 Å². The molecule has 3 nitrogen and oxygen atoms in total. The van der Waals surface area contributed by atoms with Gasteiger partial charge in [-0.2, -0.15) is 0 Å². The molecule has 26 heavy (non-hydrogen) atoms. The van der Waals surface area contributed by atoms with Crippen LogP contribution in [0, 0.1) is 5.92 Å². The van der Waals surface area contributed by atoms with Gasteiger partial charge in [0, 0.05) is 0 Å². The summed E-state index contributed by atoms with van der Waals surface area (Å²) in [7, 11) is -4.42. The Bertz CT molecular complexity index is 652. The Morgan fingerprint density at radius 1 is 0.808 bits per heavy atom. The fraction of sp³-hybridized carbons (Fsp3) is 0.455. The van der Waals surface area contributed by atoms with Crippen molar-refractivity contribution in [2.45, 2.75) is 57.5 Å². The summed E-state index contributed by atoms with van der Waals surface area (Å²) < 4.78 is 12.8. The van der Waals surface area contributed by atoms with Crippen molar-refractivity contribution >= 4 is 7.60 Å². The Morgan fingerprint density at radius 3 is 1.69 bits per heavy atom. The van der Waals surface area contributed by atoms with E-state index in [0.717, 1.165) is 19.3 Å². The third kappa shape index (κ3) is 5.07. The first-order valence-electron chi connectivity index (χ1n) is 9.54. The second-order valence-corrected chi connectivity index (χ2v) is 9.33. The molecule has 0 fully saturated rings. The van der Waals surface area contributed by atoms with E-state index in [-0.39, 0.29) is 0 Å². The van der Waals surface area contributed by atoms with Gasteiger partial charge in [0.25, 0.3) is 0 Å². The third-order valence-corrected chi connectivity index (χ3v) is 6.80. The zero-order valence-corrected chi connectivity index (χ0v) is 16.7. The summed E-state index contributed by atoms with van der Waals surface area (Å²) in [4.78, 5) is 20.8. The maximum absolute atomic E-state index is 12.8. The minimum atomic E-state index is -4.42. The molecule has 0 saturated carbocycles. The van der Waals surface area contributed by atoms with Crippen molar-refractivity contribution in [1.29, 1.82) is 0 Å². The first-order chi connectivity index (χ1) is 12.4. The predicted octanol–water partition coefficient (Wildman–Crippen LogP) is 6.10. The Morgan fingerprint density at radius 2 is 1.27 bits per heavy atom. The molecule has 0 bridgehead atoms. The average Bonchev–Trinajstić information content (AvgIpc) is 2.61. The van der Waals surface area contributed by atoms with E-state index in [0.29, 0.717) is 23.5 Å². The Balaban J connectivity index is 2.28. The average molecular weight is 374 g/mol. The summed E-state index contributed by atoms with van der Waals surface area (Å²) in [6.07, 6.45) is 5.74. The predicted molar refractivity (Wildman–Crippen MR) is 108 cm³/mol. The van der Waals surface area contributed by atoms with Gasteiger partial charge in [-0.15, -0.1) is 0 Å². The smallest absolute Gasteiger partial charge is 0.324 e. The van der Waals surface area contributed by atoms with E-state index in [1.54, 1.807) is 0 Å². The van der Waals surface area contributed by atoms with Crippen LogP contribution in [0.15, 0.2) is 60.7 Å². The maximum atomic E-state index is 12.8. The maximum Gasteiger partial charge on any atom is 0.340 e. The molecule has 0 saturated heterocycles. The molecule has 0 aliphatic heterocycles. The lowest BCUT2D eigenvalue weighted by Gasteiger charge is -2.35. The van der Waals surface area contributed by atoms with Crippen LogP contribution in [0.25, 0.3) is 0 Å². The molecule has 2 aromatic rings. The molecular formula is C22H31O3P. The molecule has 0 aliphatic rings. The number of rotatable bonds is 10. The molecule has 0 radical (unpaired) electrons. The van der Waals surface area contributed by atoms with E-state index in [1.807, 2.05) is 60.7 Å². The van der Waals surface area contributed by atoms with Crippen molar-refractivity contribution in [3.05, 3.63) is 71.8 Å². The number of hydrogen-bond acceptors (Lipinski definition) is 1. The van der Waals surface area contributed by atoms with Gasteiger partial charge in [0.2, 0.25) is 0 Å². The SMILES string of the molecule is CC(C)CCCCCCC(c1ccccc1)(c1ccccc1)P(=O)(O)O. The molecule has 0 unspecified atom stereocenters. The molecule has 0 amide bonds. The number of hydrogen-bond donors (Lipinski definition) is 2. The monoisotopic (exact) mass is 374 g/mol. The molecule has 0 aliphatic carbocycles. The second-order valence-electron chi connectivity index (χ2n) is 7.48. The van der Waals surface area contributed by atoms with Crippen molar-refractivity contribution in [2.24, 2.45) is 5.92 Å². The van der Waals surface area contributed by atoms with Gasteiger partial charge in [-0.3, -0.25) is 4.57 Å². The van der Waals surface area contributed by atoms with E-state index in [2.05, 4.69) is 13.8 Å². The zero-order chi connectivity index (χ0) is 19.0. The van der Waals surface area contributed by atoms with E-state index in [1.165, 1.54) is 12.8 Å². The first kappa shape index (κ1) is 20.9. The van der Waals surface area contributed by atoms with Gasteiger partial charge in [0.05, 0.1) is 0 Å². The van der Waals surface area contributed by atoms with Crippen LogP contribution in [0.5, 0.6) is 0 Å². The number of benzene rings is 2. The zero-order valence-electron chi connectivity index (χ0n) is 15.8. The van der Waals surface area contributed by atoms with Gasteiger partial charge in [0.15, 0.2) is 0 Å². The van der Waals surface area contributed by atoms with E-state index >= 15 is 0 Å². The Kier molecular flexibility index (Phi) is 7.64. The van der Waals surface area contributed by atoms with Crippen LogP contribution in [-0.2, 0) is 9.72 Å². The topological polar surface area (TPSA) is 57.5 Å². The van der Waals surface area contributed by atoms with Crippen LogP contribution in [0.4, 0.5) is 0 Å². The van der Waals surface area contributed by atoms with Crippen LogP contribution in [0.2, 0.25) is 0 Å². The minimum Gasteiger partial charge on any atom is -0.324 e. The van der Waals surface area contributed by atoms with Gasteiger partial charge in [-0.25, -0.2) is 0 Å². The summed E-state index contributed by atoms with van der Waals surface area (Å²) in [5.41, 5.74) is 1.39. The summed E-state index contributed by atoms with van der Waals surface area (Å²) in [6, 6.07) is 18.5. The highest BCUT2D eigenvalue weighted by atomic mass is 31.2. The molecule has 2 aromatic carbocycles. The highest BCUT2D eigenvalue weighted by molar-refractivity contribution is 7.53. The van der Waals surface area contributed by atoms with Crippen molar-refractivity contribution in [3.63, 3.8) is 0 Å². The lowest BCUT2D eigenvalue weighted by Crippen LogP contribution is -2.28. The van der Waals surface area contributed by atoms with E-state index < -0.39 is 12.8 Å². The molecule has 2 N–H and O–H groups in total. The highest BCUT2D eigenvalue weighted by Crippen LogP contribution is 2.63. The highest BCUT2D eigenvalue weighted by Gasteiger charge is 2.49. The molecule has 0 aromatic heterocycles. The summed E-state index contributed by atoms with van der Waals surface area (Å²) in [6.45, 7) is 4.45. The van der Waals surface area contributed by atoms with Crippen molar-refractivity contribution in [1.82, 2.24) is 0 Å². The summed E-state index contributed by atoms with van der Waals surface area (Å²) >= 11 is 0. The quantitative estimate of drug-likeness (QED) is 0.390. The lowest BCUT2D eigenvalue weighted by atomic mass is 9.85. The Labute approximate surface area is 157 Å². The molecular weight excluding hydrogens is 343 g/mol. The molecule has 0 spiro atoms. The largest absolute Gasteiger partial charge is 0.340 e. The summed E-state index contributed by atoms with van der Waals surface area (Å²) in [5, 5.41) is -1.27. The normalized spacial score (nSPS) is 12.5. The van der Waals surface area contributed by atoms with Crippen molar-refractivity contribution in [3.8, 4) is 0 Å². The van der Waals surface area contributed by atoms with Gasteiger partial charge in [0.1, 0.15) is 5.16 Å². The molecule has 2 rings (SSSR count). The fourth-order valence-corrected chi connectivity index (χ4v) is 5.07. The fourth-order valence-electron chi connectivity index (χ4n) is 3.65. The van der Waals surface area contributed by atoms with E-state index in [9.17, 15) is 14.4 Å². The van der Waals surface area contributed by atoms with Crippen LogP contribution >= 0.6 is 7.60 Å². The van der Waals surface area contributed by atoms with E-state index in [4.69, 9.17) is 0 Å². The van der Waals surface area contributed by atoms with Crippen LogP contribution in [0.3, 0.4) is 0 Å².